The molecule has 1 saturated heterocycles. The normalized spacial score (nSPS) is 20.5. The van der Waals surface area contributed by atoms with Gasteiger partial charge in [0.15, 0.2) is 0 Å². The van der Waals surface area contributed by atoms with Crippen molar-refractivity contribution in [1.82, 2.24) is 4.90 Å². The van der Waals surface area contributed by atoms with Crippen LogP contribution in [0.1, 0.15) is 6.42 Å². The molecule has 0 radical (unpaired) electrons. The largest absolute Gasteiger partial charge is 0.396 e. The molecular weight excluding hydrogens is 126 g/mol. The maximum atomic E-state index is 8.68. The Morgan fingerprint density at radius 3 is 2.80 bits per heavy atom. The fourth-order valence-corrected chi connectivity index (χ4v) is 1.25. The molecule has 2 heteroatoms. The van der Waals surface area contributed by atoms with E-state index in [1.807, 2.05) is 6.08 Å². The summed E-state index contributed by atoms with van der Waals surface area (Å²) in [5, 5.41) is 8.68. The summed E-state index contributed by atoms with van der Waals surface area (Å²) in [5.41, 5.74) is 0. The first-order chi connectivity index (χ1) is 4.86. The Labute approximate surface area is 62.2 Å². The quantitative estimate of drug-likeness (QED) is 0.576. The number of aliphatic hydroxyl groups excluding tert-OH is 1. The molecule has 1 aliphatic heterocycles. The molecule has 0 aliphatic carbocycles. The zero-order valence-corrected chi connectivity index (χ0v) is 6.29. The molecule has 0 aromatic heterocycles. The van der Waals surface area contributed by atoms with E-state index in [0.29, 0.717) is 12.5 Å². The molecule has 0 saturated carbocycles. The molecule has 58 valence electrons. The molecule has 1 aliphatic rings. The predicted molar refractivity (Wildman–Crippen MR) is 41.8 cm³/mol. The zero-order valence-electron chi connectivity index (χ0n) is 6.29. The van der Waals surface area contributed by atoms with Crippen molar-refractivity contribution in [3.63, 3.8) is 0 Å². The van der Waals surface area contributed by atoms with Crippen LogP contribution in [0.25, 0.3) is 0 Å². The molecule has 0 amide bonds. The summed E-state index contributed by atoms with van der Waals surface area (Å²) in [6.45, 7) is 7.26. The first kappa shape index (κ1) is 7.76. The molecule has 10 heavy (non-hydrogen) atoms. The second-order valence-corrected chi connectivity index (χ2v) is 2.89. The van der Waals surface area contributed by atoms with Gasteiger partial charge in [-0.25, -0.2) is 0 Å². The van der Waals surface area contributed by atoms with Crippen molar-refractivity contribution >= 4 is 0 Å². The van der Waals surface area contributed by atoms with Crippen LogP contribution in [0.5, 0.6) is 0 Å². The fourth-order valence-electron chi connectivity index (χ4n) is 1.25. The number of likely N-dealkylation sites (tertiary alicyclic amines) is 1. The molecule has 0 aromatic rings. The van der Waals surface area contributed by atoms with Crippen LogP contribution < -0.4 is 0 Å². The van der Waals surface area contributed by atoms with Gasteiger partial charge < -0.3 is 10.0 Å². The van der Waals surface area contributed by atoms with Crippen LogP contribution >= 0.6 is 0 Å². The third kappa shape index (κ3) is 1.82. The van der Waals surface area contributed by atoms with Gasteiger partial charge in [-0.15, -0.1) is 6.58 Å². The van der Waals surface area contributed by atoms with Crippen molar-refractivity contribution in [2.45, 2.75) is 6.42 Å². The Morgan fingerprint density at radius 1 is 1.60 bits per heavy atom. The lowest BCUT2D eigenvalue weighted by molar-refractivity contribution is 0.0556. The van der Waals surface area contributed by atoms with E-state index in [4.69, 9.17) is 5.11 Å². The van der Waals surface area contributed by atoms with Gasteiger partial charge in [-0.05, 0) is 6.42 Å². The first-order valence-electron chi connectivity index (χ1n) is 3.81. The molecular formula is C8H15NO. The molecule has 1 rings (SSSR count). The number of hydrogen-bond acceptors (Lipinski definition) is 2. The van der Waals surface area contributed by atoms with E-state index >= 15 is 0 Å². The van der Waals surface area contributed by atoms with Gasteiger partial charge >= 0.3 is 0 Å². The summed E-state index contributed by atoms with van der Waals surface area (Å²) in [4.78, 5) is 2.34. The maximum Gasteiger partial charge on any atom is 0.0483 e. The molecule has 0 unspecified atom stereocenters. The van der Waals surface area contributed by atoms with Gasteiger partial charge in [-0.3, -0.25) is 0 Å². The summed E-state index contributed by atoms with van der Waals surface area (Å²) in [7, 11) is 0. The second kappa shape index (κ2) is 3.74. The fraction of sp³-hybridized carbons (Fsp3) is 0.750. The van der Waals surface area contributed by atoms with Crippen LogP contribution in [0.4, 0.5) is 0 Å². The van der Waals surface area contributed by atoms with E-state index in [-0.39, 0.29) is 0 Å². The zero-order chi connectivity index (χ0) is 7.40. The summed E-state index contributed by atoms with van der Waals surface area (Å²) in [6.07, 6.45) is 3.00. The van der Waals surface area contributed by atoms with Crippen molar-refractivity contribution < 1.29 is 5.11 Å². The van der Waals surface area contributed by atoms with Gasteiger partial charge in [0.2, 0.25) is 0 Å². The van der Waals surface area contributed by atoms with Crippen LogP contribution in [-0.4, -0.2) is 36.2 Å². The third-order valence-corrected chi connectivity index (χ3v) is 1.94. The van der Waals surface area contributed by atoms with Crippen molar-refractivity contribution in [1.29, 1.82) is 0 Å². The summed E-state index contributed by atoms with van der Waals surface area (Å²) in [5.74, 6) is 0.546. The number of aliphatic hydroxyl groups is 1. The standard InChI is InChI=1S/C8H15NO/c1-2-3-4-9-5-8(6-9)7-10/h2,8,10H,1,3-7H2. The highest BCUT2D eigenvalue weighted by Gasteiger charge is 2.24. The summed E-state index contributed by atoms with van der Waals surface area (Å²) < 4.78 is 0. The number of nitrogens with zero attached hydrogens (tertiary/aromatic N) is 1. The summed E-state index contributed by atoms with van der Waals surface area (Å²) >= 11 is 0. The molecule has 0 bridgehead atoms. The van der Waals surface area contributed by atoms with Gasteiger partial charge in [0.1, 0.15) is 0 Å². The predicted octanol–water partition coefficient (Wildman–Crippen LogP) is 0.487. The monoisotopic (exact) mass is 141 g/mol. The lowest BCUT2D eigenvalue weighted by Gasteiger charge is -2.37. The van der Waals surface area contributed by atoms with Gasteiger partial charge in [-0.1, -0.05) is 6.08 Å². The Bertz CT molecular complexity index is 108. The average molecular weight is 141 g/mol. The lowest BCUT2D eigenvalue weighted by Crippen LogP contribution is -2.48. The topological polar surface area (TPSA) is 23.5 Å². The minimum absolute atomic E-state index is 0.352. The van der Waals surface area contributed by atoms with Crippen molar-refractivity contribution in [3.8, 4) is 0 Å². The van der Waals surface area contributed by atoms with Crippen LogP contribution in [0.2, 0.25) is 0 Å². The molecule has 0 aromatic carbocycles. The van der Waals surface area contributed by atoms with E-state index in [1.54, 1.807) is 0 Å². The molecule has 1 heterocycles. The third-order valence-electron chi connectivity index (χ3n) is 1.94. The molecule has 0 atom stereocenters. The van der Waals surface area contributed by atoms with Gasteiger partial charge in [0, 0.05) is 32.2 Å². The Morgan fingerprint density at radius 2 is 2.30 bits per heavy atom. The van der Waals surface area contributed by atoms with Gasteiger partial charge in [-0.2, -0.15) is 0 Å². The highest BCUT2D eigenvalue weighted by atomic mass is 16.3. The van der Waals surface area contributed by atoms with Crippen LogP contribution in [-0.2, 0) is 0 Å². The smallest absolute Gasteiger partial charge is 0.0483 e. The Kier molecular flexibility index (Phi) is 2.90. The average Bonchev–Trinajstić information content (AvgIpc) is 1.86. The molecule has 1 fully saturated rings. The van der Waals surface area contributed by atoms with Crippen LogP contribution in [0, 0.1) is 5.92 Å². The van der Waals surface area contributed by atoms with E-state index < -0.39 is 0 Å². The SMILES string of the molecule is C=CCCN1CC(CO)C1. The van der Waals surface area contributed by atoms with E-state index in [1.165, 1.54) is 0 Å². The van der Waals surface area contributed by atoms with Crippen molar-refractivity contribution in [2.24, 2.45) is 5.92 Å². The lowest BCUT2D eigenvalue weighted by atomic mass is 10.0. The minimum atomic E-state index is 0.352. The van der Waals surface area contributed by atoms with Gasteiger partial charge in [0.05, 0.1) is 0 Å². The van der Waals surface area contributed by atoms with Gasteiger partial charge in [0.25, 0.3) is 0 Å². The maximum absolute atomic E-state index is 8.68. The van der Waals surface area contributed by atoms with Crippen LogP contribution in [0.3, 0.4) is 0 Å². The molecule has 0 spiro atoms. The second-order valence-electron chi connectivity index (χ2n) is 2.89. The number of rotatable bonds is 4. The molecule has 2 nitrogen and oxygen atoms in total. The highest BCUT2D eigenvalue weighted by Crippen LogP contribution is 2.13. The van der Waals surface area contributed by atoms with E-state index in [9.17, 15) is 0 Å². The van der Waals surface area contributed by atoms with E-state index in [0.717, 1.165) is 26.1 Å². The van der Waals surface area contributed by atoms with Crippen LogP contribution in [0.15, 0.2) is 12.7 Å². The Balaban J connectivity index is 1.97. The summed E-state index contributed by atoms with van der Waals surface area (Å²) in [6, 6.07) is 0. The van der Waals surface area contributed by atoms with Crippen molar-refractivity contribution in [3.05, 3.63) is 12.7 Å². The minimum Gasteiger partial charge on any atom is -0.396 e. The Hall–Kier alpha value is -0.340. The van der Waals surface area contributed by atoms with Crippen molar-refractivity contribution in [2.75, 3.05) is 26.2 Å². The first-order valence-corrected chi connectivity index (χ1v) is 3.81. The van der Waals surface area contributed by atoms with E-state index in [2.05, 4.69) is 11.5 Å². The number of hydrogen-bond donors (Lipinski definition) is 1. The molecule has 1 N–H and O–H groups in total. The highest BCUT2D eigenvalue weighted by molar-refractivity contribution is 4.80.